The highest BCUT2D eigenvalue weighted by Crippen LogP contribution is 2.70. The van der Waals surface area contributed by atoms with Crippen molar-refractivity contribution in [2.24, 2.45) is 29.1 Å². The summed E-state index contributed by atoms with van der Waals surface area (Å²) in [5.74, 6) is -1.47. The zero-order chi connectivity index (χ0) is 26.7. The third-order valence-electron chi connectivity index (χ3n) is 10.6. The molecule has 6 aliphatic rings. The Morgan fingerprint density at radius 2 is 1.92 bits per heavy atom. The average Bonchev–Trinajstić information content (AvgIpc) is 3.52. The van der Waals surface area contributed by atoms with Crippen molar-refractivity contribution in [1.29, 1.82) is 0 Å². The van der Waals surface area contributed by atoms with Crippen molar-refractivity contribution in [2.45, 2.75) is 95.4 Å². The molecule has 3 aliphatic carbocycles. The first kappa shape index (κ1) is 25.1. The van der Waals surface area contributed by atoms with Gasteiger partial charge in [0.2, 0.25) is 0 Å². The van der Waals surface area contributed by atoms with Crippen LogP contribution in [0.5, 0.6) is 0 Å². The van der Waals surface area contributed by atoms with Crippen LogP contribution in [0.4, 0.5) is 0 Å². The van der Waals surface area contributed by atoms with Crippen LogP contribution in [0.3, 0.4) is 0 Å². The van der Waals surface area contributed by atoms with Crippen molar-refractivity contribution in [1.82, 2.24) is 0 Å². The zero-order valence-electron chi connectivity index (χ0n) is 22.3. The van der Waals surface area contributed by atoms with E-state index in [-0.39, 0.29) is 35.2 Å². The lowest BCUT2D eigenvalue weighted by Crippen LogP contribution is -2.50. The lowest BCUT2D eigenvalue weighted by Gasteiger charge is -2.45. The lowest BCUT2D eigenvalue weighted by molar-refractivity contribution is -0.163. The van der Waals surface area contributed by atoms with Gasteiger partial charge in [0.25, 0.3) is 0 Å². The van der Waals surface area contributed by atoms with Crippen molar-refractivity contribution in [3.8, 4) is 0 Å². The quantitative estimate of drug-likeness (QED) is 0.432. The molecule has 6 rings (SSSR count). The van der Waals surface area contributed by atoms with Gasteiger partial charge in [-0.25, -0.2) is 9.59 Å². The predicted molar refractivity (Wildman–Crippen MR) is 135 cm³/mol. The number of aliphatic hydroxyl groups excluding tert-OH is 1. The number of aliphatic hydroxyl groups is 2. The van der Waals surface area contributed by atoms with Crippen molar-refractivity contribution < 1.29 is 34.0 Å². The molecular formula is C30H38O7. The van der Waals surface area contributed by atoms with Crippen LogP contribution < -0.4 is 0 Å². The molecule has 3 fully saturated rings. The average molecular weight is 511 g/mol. The number of allylic oxidation sites excluding steroid dienone is 2. The van der Waals surface area contributed by atoms with Crippen LogP contribution in [0, 0.1) is 29.1 Å². The molecule has 0 radical (unpaired) electrons. The molecule has 3 aliphatic heterocycles. The number of fused-ring (bicyclic) bond motifs is 4. The first-order valence-electron chi connectivity index (χ1n) is 13.5. The van der Waals surface area contributed by atoms with Gasteiger partial charge >= 0.3 is 11.9 Å². The number of epoxide rings is 1. The van der Waals surface area contributed by atoms with Crippen LogP contribution in [0.2, 0.25) is 0 Å². The molecule has 7 nitrogen and oxygen atoms in total. The van der Waals surface area contributed by atoms with Crippen LogP contribution >= 0.6 is 0 Å². The highest BCUT2D eigenvalue weighted by molar-refractivity contribution is 5.88. The van der Waals surface area contributed by atoms with E-state index in [1.807, 2.05) is 19.9 Å². The summed E-state index contributed by atoms with van der Waals surface area (Å²) in [4.78, 5) is 24.5. The summed E-state index contributed by atoms with van der Waals surface area (Å²) in [7, 11) is 0. The molecule has 2 saturated carbocycles. The smallest absolute Gasteiger partial charge is 0.333 e. The van der Waals surface area contributed by atoms with Crippen molar-refractivity contribution in [3.05, 3.63) is 47.6 Å². The molecule has 37 heavy (non-hydrogen) atoms. The molecule has 0 amide bonds. The third-order valence-corrected chi connectivity index (χ3v) is 10.6. The van der Waals surface area contributed by atoms with Crippen LogP contribution in [-0.4, -0.2) is 57.3 Å². The van der Waals surface area contributed by atoms with Crippen LogP contribution in [0.15, 0.2) is 47.6 Å². The van der Waals surface area contributed by atoms with Crippen molar-refractivity contribution in [3.63, 3.8) is 0 Å². The van der Waals surface area contributed by atoms with Gasteiger partial charge in [-0.05, 0) is 74.5 Å². The Hall–Kier alpha value is -2.22. The molecule has 3 heterocycles. The summed E-state index contributed by atoms with van der Waals surface area (Å²) >= 11 is 0. The van der Waals surface area contributed by atoms with Gasteiger partial charge in [0.1, 0.15) is 23.4 Å². The maximum atomic E-state index is 12.4. The number of ether oxygens (including phenoxy) is 3. The van der Waals surface area contributed by atoms with E-state index >= 15 is 0 Å². The van der Waals surface area contributed by atoms with Gasteiger partial charge in [-0.1, -0.05) is 32.6 Å². The van der Waals surface area contributed by atoms with Gasteiger partial charge in [-0.3, -0.25) is 0 Å². The normalized spacial score (nSPS) is 48.6. The van der Waals surface area contributed by atoms with Crippen LogP contribution in [-0.2, 0) is 23.8 Å². The first-order chi connectivity index (χ1) is 17.2. The number of rotatable bonds is 2. The minimum atomic E-state index is -1.18. The number of hydrogen-bond donors (Lipinski definition) is 2. The van der Waals surface area contributed by atoms with E-state index in [1.54, 1.807) is 13.0 Å². The van der Waals surface area contributed by atoms with Crippen molar-refractivity contribution >= 4 is 11.9 Å². The fourth-order valence-electron chi connectivity index (χ4n) is 8.76. The molecule has 2 N–H and O–H groups in total. The zero-order valence-corrected chi connectivity index (χ0v) is 22.3. The summed E-state index contributed by atoms with van der Waals surface area (Å²) in [6, 6.07) is 0. The third kappa shape index (κ3) is 3.29. The Kier molecular flexibility index (Phi) is 5.20. The molecular weight excluding hydrogens is 472 g/mol. The summed E-state index contributed by atoms with van der Waals surface area (Å²) < 4.78 is 17.8. The van der Waals surface area contributed by atoms with Gasteiger partial charge in [0.05, 0.1) is 17.6 Å². The SMILES string of the molecule is C=C1C([C@@H](C)[C@H]2CC=C(C)C(=O)O2)=CC[C@]2(C)[C@H]1C[C@]1(O)[C@H]3O[C@@]34C=CC(=O)OC(C)(C)[C@@H]4[C@H](O)C[C@@H]21. The number of carbonyl (C=O) groups excluding carboxylic acids is 2. The highest BCUT2D eigenvalue weighted by Gasteiger charge is 2.79. The van der Waals surface area contributed by atoms with E-state index in [9.17, 15) is 19.8 Å². The van der Waals surface area contributed by atoms with Gasteiger partial charge in [-0.15, -0.1) is 0 Å². The monoisotopic (exact) mass is 510 g/mol. The molecule has 0 aromatic carbocycles. The number of carbonyl (C=O) groups is 2. The highest BCUT2D eigenvalue weighted by atomic mass is 16.6. The van der Waals surface area contributed by atoms with Gasteiger partial charge in [0, 0.05) is 24.0 Å². The minimum Gasteiger partial charge on any atom is -0.458 e. The maximum absolute atomic E-state index is 12.4. The van der Waals surface area contributed by atoms with E-state index in [2.05, 4.69) is 26.5 Å². The number of esters is 2. The fourth-order valence-corrected chi connectivity index (χ4v) is 8.76. The van der Waals surface area contributed by atoms with E-state index in [4.69, 9.17) is 14.2 Å². The molecule has 10 atom stereocenters. The Morgan fingerprint density at radius 3 is 2.62 bits per heavy atom. The largest absolute Gasteiger partial charge is 0.458 e. The molecule has 7 heteroatoms. The Labute approximate surface area is 218 Å². The minimum absolute atomic E-state index is 0.00725. The van der Waals surface area contributed by atoms with E-state index < -0.39 is 40.9 Å². The van der Waals surface area contributed by atoms with Gasteiger partial charge in [0.15, 0.2) is 0 Å². The summed E-state index contributed by atoms with van der Waals surface area (Å²) in [5.41, 5.74) is -0.703. The first-order valence-corrected chi connectivity index (χ1v) is 13.5. The summed E-state index contributed by atoms with van der Waals surface area (Å²) in [6.45, 7) is 14.2. The van der Waals surface area contributed by atoms with Crippen molar-refractivity contribution in [2.75, 3.05) is 0 Å². The Bertz CT molecular complexity index is 1180. The van der Waals surface area contributed by atoms with E-state index in [0.717, 1.165) is 17.6 Å². The molecule has 1 saturated heterocycles. The summed E-state index contributed by atoms with van der Waals surface area (Å²) in [6.07, 6.45) is 7.89. The lowest BCUT2D eigenvalue weighted by atomic mass is 9.61. The summed E-state index contributed by atoms with van der Waals surface area (Å²) in [5, 5.41) is 24.0. The van der Waals surface area contributed by atoms with E-state index in [1.165, 1.54) is 6.08 Å². The fraction of sp³-hybridized carbons (Fsp3) is 0.667. The second-order valence-electron chi connectivity index (χ2n) is 13.0. The molecule has 0 aromatic heterocycles. The topological polar surface area (TPSA) is 106 Å². The Balaban J connectivity index is 1.34. The second-order valence-corrected chi connectivity index (χ2v) is 13.0. The standard InChI is InChI=1S/C30H38O7/c1-15-7-8-21(35-25(15)33)17(3)18-9-11-28(6)19(16(18)2)14-29(34)22(28)13-20(31)24-27(4,5)36-23(32)10-12-30(24)26(29)37-30/h7,9-10,12,17,19-22,24,26,31,34H,2,8,11,13-14H2,1,3-6H3/t17-,19+,20-,21-,22+,24+,26-,28-,29-,30-/m1/s1. The molecule has 0 bridgehead atoms. The van der Waals surface area contributed by atoms with Gasteiger partial charge in [-0.2, -0.15) is 0 Å². The second kappa shape index (κ2) is 7.67. The number of cyclic esters (lactones) is 2. The van der Waals surface area contributed by atoms with E-state index in [0.29, 0.717) is 24.8 Å². The molecule has 1 spiro atoms. The molecule has 0 unspecified atom stereocenters. The maximum Gasteiger partial charge on any atom is 0.333 e. The van der Waals surface area contributed by atoms with Gasteiger partial charge < -0.3 is 24.4 Å². The Morgan fingerprint density at radius 1 is 1.19 bits per heavy atom. The molecule has 200 valence electrons. The van der Waals surface area contributed by atoms with Crippen LogP contribution in [0.1, 0.15) is 60.3 Å². The van der Waals surface area contributed by atoms with Crippen LogP contribution in [0.25, 0.3) is 0 Å². The molecule has 0 aromatic rings. The number of hydrogen-bond acceptors (Lipinski definition) is 7. The predicted octanol–water partition coefficient (Wildman–Crippen LogP) is 3.55.